The number of hydrogen-bond donors (Lipinski definition) is 1. The Bertz CT molecular complexity index is 288. The monoisotopic (exact) mass is 251 g/mol. The fourth-order valence-corrected chi connectivity index (χ4v) is 2.78. The number of likely N-dealkylation sites (tertiary alicyclic amines) is 1. The maximum atomic E-state index is 8.84. The molecule has 0 unspecified atom stereocenters. The van der Waals surface area contributed by atoms with Crippen LogP contribution in [-0.2, 0) is 4.74 Å². The van der Waals surface area contributed by atoms with Gasteiger partial charge in [0.25, 0.3) is 0 Å². The summed E-state index contributed by atoms with van der Waals surface area (Å²) in [6, 6.07) is 2.34. The molecule has 1 aliphatic carbocycles. The van der Waals surface area contributed by atoms with Crippen molar-refractivity contribution in [1.29, 1.82) is 5.26 Å². The topological polar surface area (TPSA) is 62.3 Å². The van der Waals surface area contributed by atoms with E-state index in [9.17, 15) is 0 Å². The Morgan fingerprint density at radius 1 is 1.33 bits per heavy atom. The minimum atomic E-state index is 0.349. The van der Waals surface area contributed by atoms with Crippen molar-refractivity contribution in [3.63, 3.8) is 0 Å². The summed E-state index contributed by atoms with van der Waals surface area (Å²) in [6.45, 7) is 4.89. The molecule has 0 spiro atoms. The molecular weight excluding hydrogens is 226 g/mol. The molecular formula is C14H25N3O. The van der Waals surface area contributed by atoms with Crippen molar-refractivity contribution in [2.24, 2.45) is 11.1 Å². The molecule has 0 aromatic rings. The largest absolute Gasteiger partial charge is 0.378 e. The highest BCUT2D eigenvalue weighted by Crippen LogP contribution is 2.49. The molecule has 18 heavy (non-hydrogen) atoms. The zero-order chi connectivity index (χ0) is 12.8. The van der Waals surface area contributed by atoms with Gasteiger partial charge in [-0.1, -0.05) is 0 Å². The Morgan fingerprint density at radius 2 is 2.06 bits per heavy atom. The predicted molar refractivity (Wildman–Crippen MR) is 71.0 cm³/mol. The molecule has 0 radical (unpaired) electrons. The predicted octanol–water partition coefficient (Wildman–Crippen LogP) is 1.51. The lowest BCUT2D eigenvalue weighted by molar-refractivity contribution is 0.00350. The van der Waals surface area contributed by atoms with Gasteiger partial charge in [-0.05, 0) is 44.1 Å². The molecule has 0 bridgehead atoms. The van der Waals surface area contributed by atoms with Crippen LogP contribution in [0.2, 0.25) is 0 Å². The van der Waals surface area contributed by atoms with Crippen molar-refractivity contribution in [3.05, 3.63) is 0 Å². The van der Waals surface area contributed by atoms with Gasteiger partial charge < -0.3 is 15.4 Å². The van der Waals surface area contributed by atoms with E-state index in [1.165, 1.54) is 12.8 Å². The lowest BCUT2D eigenvalue weighted by atomic mass is 10.00. The highest BCUT2D eigenvalue weighted by molar-refractivity contribution is 5.01. The van der Waals surface area contributed by atoms with Crippen LogP contribution < -0.4 is 5.73 Å². The highest BCUT2D eigenvalue weighted by Gasteiger charge is 2.43. The third-order valence-corrected chi connectivity index (χ3v) is 4.21. The zero-order valence-electron chi connectivity index (χ0n) is 11.2. The number of ether oxygens (including phenoxy) is 1. The average Bonchev–Trinajstić information content (AvgIpc) is 3.12. The fourth-order valence-electron chi connectivity index (χ4n) is 2.78. The smallest absolute Gasteiger partial charge is 0.0628 e. The van der Waals surface area contributed by atoms with Gasteiger partial charge in [0.15, 0.2) is 0 Å². The SMILES string of the molecule is N#CCC1(CN2CCC(OCCCN)CC2)CC1. The van der Waals surface area contributed by atoms with E-state index in [1.807, 2.05) is 0 Å². The highest BCUT2D eigenvalue weighted by atomic mass is 16.5. The molecule has 1 heterocycles. The van der Waals surface area contributed by atoms with Crippen molar-refractivity contribution in [3.8, 4) is 6.07 Å². The van der Waals surface area contributed by atoms with Gasteiger partial charge in [-0.3, -0.25) is 0 Å². The van der Waals surface area contributed by atoms with Crippen molar-refractivity contribution in [2.75, 3.05) is 32.8 Å². The molecule has 2 rings (SSSR count). The Labute approximate surface area is 110 Å². The van der Waals surface area contributed by atoms with Crippen LogP contribution in [0, 0.1) is 16.7 Å². The van der Waals surface area contributed by atoms with Gasteiger partial charge in [-0.2, -0.15) is 5.26 Å². The first-order valence-corrected chi connectivity index (χ1v) is 7.19. The van der Waals surface area contributed by atoms with Crippen LogP contribution in [0.3, 0.4) is 0 Å². The van der Waals surface area contributed by atoms with Crippen LogP contribution in [0.15, 0.2) is 0 Å². The molecule has 0 atom stereocenters. The van der Waals surface area contributed by atoms with Crippen LogP contribution in [0.1, 0.15) is 38.5 Å². The fraction of sp³-hybridized carbons (Fsp3) is 0.929. The molecule has 4 nitrogen and oxygen atoms in total. The lowest BCUT2D eigenvalue weighted by Crippen LogP contribution is -2.40. The summed E-state index contributed by atoms with van der Waals surface area (Å²) in [5.41, 5.74) is 5.81. The summed E-state index contributed by atoms with van der Waals surface area (Å²) in [7, 11) is 0. The quantitative estimate of drug-likeness (QED) is 0.697. The summed E-state index contributed by atoms with van der Waals surface area (Å²) >= 11 is 0. The molecule has 1 saturated carbocycles. The summed E-state index contributed by atoms with van der Waals surface area (Å²) in [4.78, 5) is 2.52. The first kappa shape index (κ1) is 13.8. The van der Waals surface area contributed by atoms with Crippen molar-refractivity contribution < 1.29 is 4.74 Å². The maximum absolute atomic E-state index is 8.84. The van der Waals surface area contributed by atoms with Crippen LogP contribution in [0.5, 0.6) is 0 Å². The van der Waals surface area contributed by atoms with Crippen LogP contribution in [0.25, 0.3) is 0 Å². The molecule has 0 amide bonds. The van der Waals surface area contributed by atoms with Gasteiger partial charge in [0.05, 0.1) is 12.2 Å². The third kappa shape index (κ3) is 3.94. The van der Waals surface area contributed by atoms with Gasteiger partial charge in [0, 0.05) is 32.7 Å². The molecule has 2 fully saturated rings. The Morgan fingerprint density at radius 3 is 2.61 bits per heavy atom. The van der Waals surface area contributed by atoms with Gasteiger partial charge in [-0.15, -0.1) is 0 Å². The first-order valence-electron chi connectivity index (χ1n) is 7.19. The van der Waals surface area contributed by atoms with Gasteiger partial charge in [-0.25, -0.2) is 0 Å². The number of piperidine rings is 1. The van der Waals surface area contributed by atoms with Gasteiger partial charge in [0.1, 0.15) is 0 Å². The normalized spacial score (nSPS) is 23.8. The summed E-state index contributed by atoms with van der Waals surface area (Å²) in [5.74, 6) is 0. The minimum Gasteiger partial charge on any atom is -0.378 e. The molecule has 2 N–H and O–H groups in total. The Kier molecular flexibility index (Phi) is 4.99. The second-order valence-electron chi connectivity index (χ2n) is 5.82. The van der Waals surface area contributed by atoms with Crippen LogP contribution >= 0.6 is 0 Å². The van der Waals surface area contributed by atoms with E-state index >= 15 is 0 Å². The van der Waals surface area contributed by atoms with Gasteiger partial charge >= 0.3 is 0 Å². The van der Waals surface area contributed by atoms with E-state index in [1.54, 1.807) is 0 Å². The molecule has 1 aliphatic heterocycles. The van der Waals surface area contributed by atoms with E-state index in [0.29, 0.717) is 11.5 Å². The number of hydrogen-bond acceptors (Lipinski definition) is 4. The second-order valence-corrected chi connectivity index (χ2v) is 5.82. The molecule has 0 aromatic heterocycles. The lowest BCUT2D eigenvalue weighted by Gasteiger charge is -2.34. The summed E-state index contributed by atoms with van der Waals surface area (Å²) < 4.78 is 5.81. The zero-order valence-corrected chi connectivity index (χ0v) is 11.2. The van der Waals surface area contributed by atoms with Crippen molar-refractivity contribution >= 4 is 0 Å². The third-order valence-electron chi connectivity index (χ3n) is 4.21. The summed E-state index contributed by atoms with van der Waals surface area (Å²) in [5, 5.41) is 8.84. The summed E-state index contributed by atoms with van der Waals surface area (Å²) in [6.07, 6.45) is 6.88. The van der Waals surface area contributed by atoms with E-state index in [4.69, 9.17) is 15.7 Å². The molecule has 2 aliphatic rings. The second kappa shape index (κ2) is 6.51. The van der Waals surface area contributed by atoms with E-state index < -0.39 is 0 Å². The molecule has 102 valence electrons. The van der Waals surface area contributed by atoms with Gasteiger partial charge in [0.2, 0.25) is 0 Å². The van der Waals surface area contributed by atoms with E-state index in [2.05, 4.69) is 11.0 Å². The van der Waals surface area contributed by atoms with Crippen LogP contribution in [-0.4, -0.2) is 43.8 Å². The van der Waals surface area contributed by atoms with Crippen LogP contribution in [0.4, 0.5) is 0 Å². The van der Waals surface area contributed by atoms with Crippen molar-refractivity contribution in [2.45, 2.75) is 44.6 Å². The molecule has 1 saturated heterocycles. The maximum Gasteiger partial charge on any atom is 0.0628 e. The minimum absolute atomic E-state index is 0.349. The first-order chi connectivity index (χ1) is 8.78. The standard InChI is InChI=1S/C14H25N3O/c15-7-1-11-18-13-2-9-17(10-3-13)12-14(4-5-14)6-8-16/h13H,1-7,9-12,15H2. The van der Waals surface area contributed by atoms with E-state index in [0.717, 1.165) is 58.5 Å². The molecule has 0 aromatic carbocycles. The van der Waals surface area contributed by atoms with E-state index in [-0.39, 0.29) is 0 Å². The number of nitriles is 1. The Balaban J connectivity index is 1.63. The molecule has 4 heteroatoms. The van der Waals surface area contributed by atoms with Crippen molar-refractivity contribution in [1.82, 2.24) is 4.90 Å². The number of rotatable bonds is 7. The number of nitrogens with zero attached hydrogens (tertiary/aromatic N) is 2. The Hall–Kier alpha value is -0.630. The number of nitrogens with two attached hydrogens (primary N) is 1. The average molecular weight is 251 g/mol.